The number of nitrogens with one attached hydrogen (secondary N) is 2. The maximum absolute atomic E-state index is 4.40. The van der Waals surface area contributed by atoms with Gasteiger partial charge in [0, 0.05) is 39.3 Å². The third-order valence-corrected chi connectivity index (χ3v) is 4.76. The monoisotopic (exact) mass is 344 g/mol. The molecule has 1 saturated heterocycles. The van der Waals surface area contributed by atoms with Crippen molar-refractivity contribution in [3.63, 3.8) is 0 Å². The molecule has 1 aromatic carbocycles. The molecule has 140 valence electrons. The van der Waals surface area contributed by atoms with Crippen LogP contribution in [0.2, 0.25) is 0 Å². The van der Waals surface area contributed by atoms with Crippen LogP contribution < -0.4 is 10.6 Å². The molecule has 0 radical (unpaired) electrons. The summed E-state index contributed by atoms with van der Waals surface area (Å²) in [5.41, 5.74) is 4.07. The normalized spacial score (nSPS) is 17.1. The Morgan fingerprint density at radius 2 is 1.80 bits per heavy atom. The number of piperidine rings is 1. The Bertz CT molecular complexity index is 537. The van der Waals surface area contributed by atoms with Crippen molar-refractivity contribution < 1.29 is 0 Å². The Kier molecular flexibility index (Phi) is 7.76. The fourth-order valence-corrected chi connectivity index (χ4v) is 3.70. The van der Waals surface area contributed by atoms with Crippen LogP contribution in [0.25, 0.3) is 0 Å². The molecule has 0 aromatic heterocycles. The minimum atomic E-state index is 0.538. The molecular formula is C21H36N4. The van der Waals surface area contributed by atoms with Crippen LogP contribution in [0.5, 0.6) is 0 Å². The minimum Gasteiger partial charge on any atom is -0.356 e. The first kappa shape index (κ1) is 19.8. The Morgan fingerprint density at radius 3 is 2.36 bits per heavy atom. The van der Waals surface area contributed by atoms with Gasteiger partial charge in [-0.3, -0.25) is 4.99 Å². The first-order valence-electron chi connectivity index (χ1n) is 9.73. The Hall–Kier alpha value is -1.55. The van der Waals surface area contributed by atoms with Crippen LogP contribution in [0.3, 0.4) is 0 Å². The van der Waals surface area contributed by atoms with E-state index >= 15 is 0 Å². The maximum Gasteiger partial charge on any atom is 0.191 e. The Morgan fingerprint density at radius 1 is 1.16 bits per heavy atom. The first-order valence-corrected chi connectivity index (χ1v) is 9.73. The Balaban J connectivity index is 1.72. The van der Waals surface area contributed by atoms with Crippen LogP contribution in [-0.2, 0) is 6.42 Å². The molecule has 4 nitrogen and oxygen atoms in total. The highest BCUT2D eigenvalue weighted by molar-refractivity contribution is 5.79. The number of aryl methyl sites for hydroxylation is 2. The third kappa shape index (κ3) is 7.07. The summed E-state index contributed by atoms with van der Waals surface area (Å²) in [6, 6.07) is 7.31. The van der Waals surface area contributed by atoms with Gasteiger partial charge < -0.3 is 15.5 Å². The van der Waals surface area contributed by atoms with Crippen LogP contribution in [0.1, 0.15) is 43.4 Å². The number of hydrogen-bond acceptors (Lipinski definition) is 2. The van der Waals surface area contributed by atoms with Gasteiger partial charge in [0.2, 0.25) is 0 Å². The number of guanidine groups is 1. The van der Waals surface area contributed by atoms with E-state index in [4.69, 9.17) is 0 Å². The second kappa shape index (κ2) is 9.81. The molecule has 0 unspecified atom stereocenters. The molecule has 0 saturated carbocycles. The number of likely N-dealkylation sites (tertiary alicyclic amines) is 1. The molecule has 1 aliphatic rings. The lowest BCUT2D eigenvalue weighted by atomic mass is 10.0. The Labute approximate surface area is 154 Å². The van der Waals surface area contributed by atoms with E-state index < -0.39 is 0 Å². The summed E-state index contributed by atoms with van der Waals surface area (Å²) in [4.78, 5) is 6.98. The SMILES string of the molecule is CN=C(NCCc1cc(C)cc(C)c1)NC1CCN(CC(C)C)CC1. The maximum atomic E-state index is 4.40. The molecule has 0 spiro atoms. The smallest absolute Gasteiger partial charge is 0.191 e. The van der Waals surface area contributed by atoms with E-state index in [1.54, 1.807) is 0 Å². The van der Waals surface area contributed by atoms with Crippen molar-refractivity contribution in [2.24, 2.45) is 10.9 Å². The highest BCUT2D eigenvalue weighted by Crippen LogP contribution is 2.12. The molecule has 2 rings (SSSR count). The van der Waals surface area contributed by atoms with Gasteiger partial charge in [-0.25, -0.2) is 0 Å². The number of benzene rings is 1. The van der Waals surface area contributed by atoms with Crippen molar-refractivity contribution in [3.8, 4) is 0 Å². The van der Waals surface area contributed by atoms with Crippen molar-refractivity contribution in [3.05, 3.63) is 34.9 Å². The molecule has 1 fully saturated rings. The summed E-state index contributed by atoms with van der Waals surface area (Å²) in [6.07, 6.45) is 3.42. The number of rotatable bonds is 6. The zero-order valence-corrected chi connectivity index (χ0v) is 16.7. The second-order valence-electron chi connectivity index (χ2n) is 7.86. The van der Waals surface area contributed by atoms with Gasteiger partial charge in [0.15, 0.2) is 5.96 Å². The van der Waals surface area contributed by atoms with Gasteiger partial charge in [0.1, 0.15) is 0 Å². The first-order chi connectivity index (χ1) is 12.0. The summed E-state index contributed by atoms with van der Waals surface area (Å²) in [5.74, 6) is 1.69. The van der Waals surface area contributed by atoms with Gasteiger partial charge in [-0.2, -0.15) is 0 Å². The van der Waals surface area contributed by atoms with Gasteiger partial charge in [-0.1, -0.05) is 43.2 Å². The lowest BCUT2D eigenvalue weighted by Gasteiger charge is -2.34. The highest BCUT2D eigenvalue weighted by atomic mass is 15.2. The molecule has 1 heterocycles. The highest BCUT2D eigenvalue weighted by Gasteiger charge is 2.20. The van der Waals surface area contributed by atoms with Crippen LogP contribution in [0.15, 0.2) is 23.2 Å². The van der Waals surface area contributed by atoms with Crippen molar-refractivity contribution in [1.29, 1.82) is 0 Å². The molecular weight excluding hydrogens is 308 g/mol. The van der Waals surface area contributed by atoms with Crippen molar-refractivity contribution >= 4 is 5.96 Å². The van der Waals surface area contributed by atoms with Gasteiger partial charge in [0.05, 0.1) is 0 Å². The molecule has 0 amide bonds. The molecule has 1 aromatic rings. The summed E-state index contributed by atoms with van der Waals surface area (Å²) in [6.45, 7) is 13.4. The summed E-state index contributed by atoms with van der Waals surface area (Å²) in [7, 11) is 1.86. The largest absolute Gasteiger partial charge is 0.356 e. The molecule has 0 aliphatic carbocycles. The molecule has 25 heavy (non-hydrogen) atoms. The van der Waals surface area contributed by atoms with Crippen LogP contribution in [0, 0.1) is 19.8 Å². The van der Waals surface area contributed by atoms with Crippen molar-refractivity contribution in [2.75, 3.05) is 33.2 Å². The van der Waals surface area contributed by atoms with Crippen molar-refractivity contribution in [2.45, 2.75) is 53.0 Å². The molecule has 4 heteroatoms. The summed E-state index contributed by atoms with van der Waals surface area (Å²) in [5, 5.41) is 7.07. The fraction of sp³-hybridized carbons (Fsp3) is 0.667. The van der Waals surface area contributed by atoms with Gasteiger partial charge in [-0.05, 0) is 44.6 Å². The van der Waals surface area contributed by atoms with Crippen LogP contribution in [0.4, 0.5) is 0 Å². The van der Waals surface area contributed by atoms with Crippen LogP contribution in [-0.4, -0.2) is 50.1 Å². The van der Waals surface area contributed by atoms with Crippen molar-refractivity contribution in [1.82, 2.24) is 15.5 Å². The van der Waals surface area contributed by atoms with Crippen LogP contribution >= 0.6 is 0 Å². The average molecular weight is 345 g/mol. The average Bonchev–Trinajstić information content (AvgIpc) is 2.54. The standard InChI is InChI=1S/C21H36N4/c1-16(2)15-25-10-7-20(8-11-25)24-21(22-5)23-9-6-19-13-17(3)12-18(4)14-19/h12-14,16,20H,6-11,15H2,1-5H3,(H2,22,23,24). The number of nitrogens with zero attached hydrogens (tertiary/aromatic N) is 2. The topological polar surface area (TPSA) is 39.7 Å². The molecule has 2 N–H and O–H groups in total. The van der Waals surface area contributed by atoms with E-state index in [0.29, 0.717) is 6.04 Å². The molecule has 0 bridgehead atoms. The van der Waals surface area contributed by atoms with E-state index in [2.05, 4.69) is 66.4 Å². The van der Waals surface area contributed by atoms with E-state index in [-0.39, 0.29) is 0 Å². The van der Waals surface area contributed by atoms with Gasteiger partial charge >= 0.3 is 0 Å². The second-order valence-corrected chi connectivity index (χ2v) is 7.86. The molecule has 0 atom stereocenters. The predicted octanol–water partition coefficient (Wildman–Crippen LogP) is 3.13. The molecule has 1 aliphatic heterocycles. The lowest BCUT2D eigenvalue weighted by molar-refractivity contribution is 0.187. The zero-order chi connectivity index (χ0) is 18.2. The summed E-state index contributed by atoms with van der Waals surface area (Å²) >= 11 is 0. The third-order valence-electron chi connectivity index (χ3n) is 4.76. The predicted molar refractivity (Wildman–Crippen MR) is 108 cm³/mol. The lowest BCUT2D eigenvalue weighted by Crippen LogP contribution is -2.49. The van der Waals surface area contributed by atoms with Gasteiger partial charge in [-0.15, -0.1) is 0 Å². The summed E-state index contributed by atoms with van der Waals surface area (Å²) < 4.78 is 0. The zero-order valence-electron chi connectivity index (χ0n) is 16.7. The quantitative estimate of drug-likeness (QED) is 0.615. The van der Waals surface area contributed by atoms with E-state index in [1.807, 2.05) is 7.05 Å². The van der Waals surface area contributed by atoms with Gasteiger partial charge in [0.25, 0.3) is 0 Å². The fourth-order valence-electron chi connectivity index (χ4n) is 3.70. The number of aliphatic imine (C=N–C) groups is 1. The van der Waals surface area contributed by atoms with E-state index in [9.17, 15) is 0 Å². The number of hydrogen-bond donors (Lipinski definition) is 2. The minimum absolute atomic E-state index is 0.538. The van der Waals surface area contributed by atoms with E-state index in [1.165, 1.54) is 49.2 Å². The van der Waals surface area contributed by atoms with E-state index in [0.717, 1.165) is 24.8 Å².